The SMILES string of the molecule is c1ccc(-c2ccc(-c3nc(-c4ccc5oc6c7ccccc7ccc6c5c4)nc(-c4cccc5c4oc4ccc(-c6ccc7ccccc7c6)cc45)n3)cc2)cc1. The molecule has 3 heterocycles. The zero-order valence-electron chi connectivity index (χ0n) is 31.1. The van der Waals surface area contributed by atoms with Crippen molar-refractivity contribution in [1.82, 2.24) is 15.0 Å². The van der Waals surface area contributed by atoms with Crippen LogP contribution in [0.2, 0.25) is 0 Å². The molecule has 0 N–H and O–H groups in total. The highest BCUT2D eigenvalue weighted by Gasteiger charge is 2.20. The summed E-state index contributed by atoms with van der Waals surface area (Å²) in [5.41, 5.74) is 10.4. The molecule has 0 spiro atoms. The first kappa shape index (κ1) is 32.4. The molecule has 270 valence electrons. The van der Waals surface area contributed by atoms with Crippen LogP contribution in [0.3, 0.4) is 0 Å². The lowest BCUT2D eigenvalue weighted by molar-refractivity contribution is 0.669. The molecular formula is C53H31N3O2. The van der Waals surface area contributed by atoms with E-state index in [2.05, 4.69) is 158 Å². The fourth-order valence-electron chi connectivity index (χ4n) is 8.36. The molecule has 0 atom stereocenters. The van der Waals surface area contributed by atoms with Crippen LogP contribution in [0.4, 0.5) is 0 Å². The topological polar surface area (TPSA) is 65.0 Å². The van der Waals surface area contributed by atoms with Crippen molar-refractivity contribution >= 4 is 65.4 Å². The second-order valence-corrected chi connectivity index (χ2v) is 14.8. The van der Waals surface area contributed by atoms with Gasteiger partial charge in [-0.1, -0.05) is 140 Å². The number of hydrogen-bond acceptors (Lipinski definition) is 5. The third-order valence-electron chi connectivity index (χ3n) is 11.3. The van der Waals surface area contributed by atoms with Crippen LogP contribution in [0.25, 0.3) is 122 Å². The van der Waals surface area contributed by atoms with Crippen LogP contribution in [0.15, 0.2) is 197 Å². The lowest BCUT2D eigenvalue weighted by atomic mass is 9.99. The summed E-state index contributed by atoms with van der Waals surface area (Å²) in [4.78, 5) is 15.5. The van der Waals surface area contributed by atoms with Crippen LogP contribution in [0, 0.1) is 0 Å². The summed E-state index contributed by atoms with van der Waals surface area (Å²) in [6.07, 6.45) is 0. The molecule has 3 aromatic heterocycles. The van der Waals surface area contributed by atoms with E-state index in [0.717, 1.165) is 93.6 Å². The molecule has 5 nitrogen and oxygen atoms in total. The van der Waals surface area contributed by atoms with Crippen molar-refractivity contribution in [3.63, 3.8) is 0 Å². The Balaban J connectivity index is 1.03. The number of benzene rings is 9. The van der Waals surface area contributed by atoms with E-state index in [-0.39, 0.29) is 0 Å². The summed E-state index contributed by atoms with van der Waals surface area (Å²) in [6, 6.07) is 65.3. The van der Waals surface area contributed by atoms with Gasteiger partial charge in [0.25, 0.3) is 0 Å². The van der Waals surface area contributed by atoms with Crippen LogP contribution in [0.1, 0.15) is 0 Å². The highest BCUT2D eigenvalue weighted by Crippen LogP contribution is 2.40. The van der Waals surface area contributed by atoms with Crippen molar-refractivity contribution in [2.75, 3.05) is 0 Å². The largest absolute Gasteiger partial charge is 0.455 e. The fourth-order valence-corrected chi connectivity index (χ4v) is 8.36. The van der Waals surface area contributed by atoms with E-state index < -0.39 is 0 Å². The van der Waals surface area contributed by atoms with E-state index >= 15 is 0 Å². The van der Waals surface area contributed by atoms with Gasteiger partial charge in [-0.25, -0.2) is 15.0 Å². The van der Waals surface area contributed by atoms with Gasteiger partial charge in [-0.3, -0.25) is 0 Å². The average molecular weight is 742 g/mol. The molecule has 0 radical (unpaired) electrons. The van der Waals surface area contributed by atoms with Crippen molar-refractivity contribution in [3.8, 4) is 56.4 Å². The minimum atomic E-state index is 0.537. The standard InChI is InChI=1S/C53H31N3O2/c1-2-9-32(10-3-1)34-17-20-36(21-18-34)51-54-52(40-25-28-48-46(31-40)43-26-23-35-12-6-7-14-41(35)49(43)57-48)56-53(55-51)44-16-8-15-42-45-30-39(24-27-47(45)58-50(42)44)38-22-19-33-11-4-5-13-37(33)29-38/h1-31H. The smallest absolute Gasteiger partial charge is 0.167 e. The van der Waals surface area contributed by atoms with E-state index in [9.17, 15) is 0 Å². The van der Waals surface area contributed by atoms with Gasteiger partial charge in [-0.05, 0) is 86.9 Å². The number of para-hydroxylation sites is 1. The lowest BCUT2D eigenvalue weighted by Crippen LogP contribution is -2.00. The molecule has 58 heavy (non-hydrogen) atoms. The molecule has 0 fully saturated rings. The van der Waals surface area contributed by atoms with Gasteiger partial charge in [0.15, 0.2) is 17.5 Å². The maximum absolute atomic E-state index is 6.67. The Kier molecular flexibility index (Phi) is 7.16. The van der Waals surface area contributed by atoms with E-state index in [0.29, 0.717) is 17.5 Å². The first-order valence-corrected chi connectivity index (χ1v) is 19.4. The Labute approximate surface area is 332 Å². The number of furan rings is 2. The molecule has 0 bridgehead atoms. The number of fused-ring (bicyclic) bond motifs is 9. The lowest BCUT2D eigenvalue weighted by Gasteiger charge is -2.09. The average Bonchev–Trinajstić information content (AvgIpc) is 3.87. The number of hydrogen-bond donors (Lipinski definition) is 0. The van der Waals surface area contributed by atoms with Crippen LogP contribution >= 0.6 is 0 Å². The molecule has 0 aliphatic rings. The van der Waals surface area contributed by atoms with Crippen molar-refractivity contribution in [2.45, 2.75) is 0 Å². The fraction of sp³-hybridized carbons (Fsp3) is 0. The Bertz CT molecular complexity index is 3570. The summed E-state index contributed by atoms with van der Waals surface area (Å²) in [7, 11) is 0. The van der Waals surface area contributed by atoms with Crippen molar-refractivity contribution < 1.29 is 8.83 Å². The Morgan fingerprint density at radius 2 is 0.810 bits per heavy atom. The van der Waals surface area contributed by atoms with E-state index in [1.54, 1.807) is 0 Å². The highest BCUT2D eigenvalue weighted by molar-refractivity contribution is 6.15. The number of nitrogens with zero attached hydrogens (tertiary/aromatic N) is 3. The third-order valence-corrected chi connectivity index (χ3v) is 11.3. The van der Waals surface area contributed by atoms with Crippen molar-refractivity contribution in [2.24, 2.45) is 0 Å². The second-order valence-electron chi connectivity index (χ2n) is 14.8. The minimum Gasteiger partial charge on any atom is -0.455 e. The quantitative estimate of drug-likeness (QED) is 0.176. The first-order chi connectivity index (χ1) is 28.7. The zero-order chi connectivity index (χ0) is 38.2. The van der Waals surface area contributed by atoms with Gasteiger partial charge in [0.2, 0.25) is 0 Å². The molecule has 0 unspecified atom stereocenters. The van der Waals surface area contributed by atoms with E-state index in [1.807, 2.05) is 30.3 Å². The Morgan fingerprint density at radius 3 is 1.64 bits per heavy atom. The predicted octanol–water partition coefficient (Wildman–Crippen LogP) is 14.3. The monoisotopic (exact) mass is 741 g/mol. The van der Waals surface area contributed by atoms with Crippen LogP contribution in [-0.2, 0) is 0 Å². The van der Waals surface area contributed by atoms with Gasteiger partial charge in [0.05, 0.1) is 5.56 Å². The maximum Gasteiger partial charge on any atom is 0.167 e. The molecule has 12 aromatic rings. The summed E-state index contributed by atoms with van der Waals surface area (Å²) < 4.78 is 13.1. The van der Waals surface area contributed by atoms with Crippen LogP contribution < -0.4 is 0 Å². The molecule has 0 aliphatic heterocycles. The summed E-state index contributed by atoms with van der Waals surface area (Å²) >= 11 is 0. The maximum atomic E-state index is 6.67. The van der Waals surface area contributed by atoms with E-state index in [1.165, 1.54) is 10.8 Å². The number of aromatic nitrogens is 3. The van der Waals surface area contributed by atoms with Gasteiger partial charge in [0.1, 0.15) is 22.3 Å². The Hall–Kier alpha value is -7.89. The van der Waals surface area contributed by atoms with Crippen molar-refractivity contribution in [3.05, 3.63) is 188 Å². The zero-order valence-corrected chi connectivity index (χ0v) is 31.1. The Morgan fingerprint density at radius 1 is 0.276 bits per heavy atom. The van der Waals surface area contributed by atoms with Gasteiger partial charge in [-0.15, -0.1) is 0 Å². The normalized spacial score (nSPS) is 11.8. The van der Waals surface area contributed by atoms with Crippen molar-refractivity contribution in [1.29, 1.82) is 0 Å². The summed E-state index contributed by atoms with van der Waals surface area (Å²) in [5, 5.41) is 8.77. The van der Waals surface area contributed by atoms with Gasteiger partial charge in [-0.2, -0.15) is 0 Å². The highest BCUT2D eigenvalue weighted by atomic mass is 16.3. The van der Waals surface area contributed by atoms with Crippen LogP contribution in [-0.4, -0.2) is 15.0 Å². The molecular weight excluding hydrogens is 711 g/mol. The minimum absolute atomic E-state index is 0.537. The molecule has 0 saturated carbocycles. The van der Waals surface area contributed by atoms with Crippen LogP contribution in [0.5, 0.6) is 0 Å². The van der Waals surface area contributed by atoms with E-state index in [4.69, 9.17) is 23.8 Å². The first-order valence-electron chi connectivity index (χ1n) is 19.4. The third kappa shape index (κ3) is 5.29. The molecule has 0 amide bonds. The molecule has 5 heteroatoms. The second kappa shape index (κ2) is 12.8. The summed E-state index contributed by atoms with van der Waals surface area (Å²) in [5.74, 6) is 1.68. The van der Waals surface area contributed by atoms with Gasteiger partial charge in [0, 0.05) is 38.1 Å². The van der Waals surface area contributed by atoms with Gasteiger partial charge >= 0.3 is 0 Å². The molecule has 12 rings (SSSR count). The summed E-state index contributed by atoms with van der Waals surface area (Å²) in [6.45, 7) is 0. The molecule has 0 aliphatic carbocycles. The number of rotatable bonds is 5. The predicted molar refractivity (Wildman–Crippen MR) is 237 cm³/mol. The molecule has 0 saturated heterocycles. The van der Waals surface area contributed by atoms with Gasteiger partial charge < -0.3 is 8.83 Å². The molecule has 9 aromatic carbocycles.